The number of halogens is 1. The van der Waals surface area contributed by atoms with Crippen LogP contribution in [0.3, 0.4) is 0 Å². The zero-order chi connectivity index (χ0) is 21.0. The number of amides is 2. The van der Waals surface area contributed by atoms with Gasteiger partial charge in [-0.1, -0.05) is 12.1 Å². The number of piperidine rings is 1. The van der Waals surface area contributed by atoms with Crippen molar-refractivity contribution in [3.63, 3.8) is 0 Å². The fourth-order valence-electron chi connectivity index (χ4n) is 3.03. The van der Waals surface area contributed by atoms with Gasteiger partial charge in [0.2, 0.25) is 5.91 Å². The number of hydrogen-bond donors (Lipinski definition) is 3. The molecule has 0 bridgehead atoms. The van der Waals surface area contributed by atoms with Crippen LogP contribution in [0.15, 0.2) is 47.4 Å². The molecule has 7 nitrogen and oxygen atoms in total. The summed E-state index contributed by atoms with van der Waals surface area (Å²) in [4.78, 5) is 24.0. The van der Waals surface area contributed by atoms with Crippen LogP contribution in [0.2, 0.25) is 0 Å². The molecular formula is C20H22FN3O4S. The van der Waals surface area contributed by atoms with Crippen LogP contribution < -0.4 is 15.4 Å². The Labute approximate surface area is 168 Å². The Bertz CT molecular complexity index is 1040. The summed E-state index contributed by atoms with van der Waals surface area (Å²) in [5.41, 5.74) is 0.764. The number of aryl methyl sites for hydroxylation is 1. The molecule has 2 amide bonds. The molecule has 0 radical (unpaired) electrons. The third kappa shape index (κ3) is 5.11. The maximum absolute atomic E-state index is 13.7. The lowest BCUT2D eigenvalue weighted by atomic mass is 9.98. The zero-order valence-corrected chi connectivity index (χ0v) is 16.7. The molecule has 1 atom stereocenters. The van der Waals surface area contributed by atoms with Gasteiger partial charge in [-0.05, 0) is 55.7 Å². The second-order valence-electron chi connectivity index (χ2n) is 6.94. The van der Waals surface area contributed by atoms with Crippen molar-refractivity contribution in [2.75, 3.05) is 17.8 Å². The van der Waals surface area contributed by atoms with Crippen LogP contribution in [0.5, 0.6) is 0 Å². The molecule has 1 heterocycles. The van der Waals surface area contributed by atoms with Crippen LogP contribution in [0.1, 0.15) is 28.8 Å². The summed E-state index contributed by atoms with van der Waals surface area (Å²) in [5, 5.41) is 5.47. The van der Waals surface area contributed by atoms with E-state index in [4.69, 9.17) is 0 Å². The van der Waals surface area contributed by atoms with Gasteiger partial charge in [0.25, 0.3) is 15.9 Å². The molecule has 9 heteroatoms. The number of benzene rings is 2. The highest BCUT2D eigenvalue weighted by Gasteiger charge is 2.22. The maximum Gasteiger partial charge on any atom is 0.261 e. The SMILES string of the molecule is Cc1ccc(S(=O)(=O)Nc2cccc(C(=O)NCC3CCCNC3=O)c2)cc1F. The summed E-state index contributed by atoms with van der Waals surface area (Å²) >= 11 is 0. The smallest absolute Gasteiger partial charge is 0.261 e. The molecule has 1 fully saturated rings. The van der Waals surface area contributed by atoms with E-state index in [9.17, 15) is 22.4 Å². The Morgan fingerprint density at radius 2 is 2.03 bits per heavy atom. The Hall–Kier alpha value is -2.94. The van der Waals surface area contributed by atoms with Gasteiger partial charge >= 0.3 is 0 Å². The lowest BCUT2D eigenvalue weighted by Gasteiger charge is -2.22. The number of sulfonamides is 1. The third-order valence-corrected chi connectivity index (χ3v) is 6.12. The van der Waals surface area contributed by atoms with Crippen LogP contribution in [0.25, 0.3) is 0 Å². The normalized spacial score (nSPS) is 16.8. The van der Waals surface area contributed by atoms with Crippen molar-refractivity contribution in [2.45, 2.75) is 24.7 Å². The molecular weight excluding hydrogens is 397 g/mol. The summed E-state index contributed by atoms with van der Waals surface area (Å²) in [6.07, 6.45) is 1.57. The van der Waals surface area contributed by atoms with Gasteiger partial charge in [-0.3, -0.25) is 14.3 Å². The standard InChI is InChI=1S/C20H22FN3O4S/c1-13-7-8-17(11-18(13)21)29(27,28)24-16-6-2-4-14(10-16)19(25)23-12-15-5-3-9-22-20(15)26/h2,4,6-8,10-11,15,24H,3,5,9,12H2,1H3,(H,22,26)(H,23,25). The van der Waals surface area contributed by atoms with E-state index >= 15 is 0 Å². The van der Waals surface area contributed by atoms with Crippen molar-refractivity contribution in [3.8, 4) is 0 Å². The number of anilines is 1. The Kier molecular flexibility index (Phi) is 6.17. The van der Waals surface area contributed by atoms with E-state index in [0.717, 1.165) is 12.5 Å². The monoisotopic (exact) mass is 419 g/mol. The number of rotatable bonds is 6. The molecule has 0 saturated carbocycles. The van der Waals surface area contributed by atoms with Crippen LogP contribution in [0.4, 0.5) is 10.1 Å². The topological polar surface area (TPSA) is 104 Å². The molecule has 1 unspecified atom stereocenters. The molecule has 1 aliphatic rings. The molecule has 3 N–H and O–H groups in total. The van der Waals surface area contributed by atoms with E-state index in [1.165, 1.54) is 37.3 Å². The average molecular weight is 419 g/mol. The molecule has 3 rings (SSSR count). The molecule has 2 aromatic rings. The van der Waals surface area contributed by atoms with Gasteiger partial charge in [0.15, 0.2) is 0 Å². The summed E-state index contributed by atoms with van der Waals surface area (Å²) in [6, 6.07) is 9.60. The Balaban J connectivity index is 1.69. The first-order valence-corrected chi connectivity index (χ1v) is 10.7. The summed E-state index contributed by atoms with van der Waals surface area (Å²) < 4.78 is 41.0. The lowest BCUT2D eigenvalue weighted by molar-refractivity contribution is -0.126. The van der Waals surface area contributed by atoms with Gasteiger partial charge in [0, 0.05) is 24.3 Å². The second-order valence-corrected chi connectivity index (χ2v) is 8.62. The zero-order valence-electron chi connectivity index (χ0n) is 15.9. The van der Waals surface area contributed by atoms with Gasteiger partial charge in [-0.15, -0.1) is 0 Å². The molecule has 29 heavy (non-hydrogen) atoms. The molecule has 0 aliphatic carbocycles. The van der Waals surface area contributed by atoms with Gasteiger partial charge < -0.3 is 10.6 Å². The number of carbonyl (C=O) groups excluding carboxylic acids is 2. The molecule has 154 valence electrons. The maximum atomic E-state index is 13.7. The van der Waals surface area contributed by atoms with E-state index < -0.39 is 21.7 Å². The first-order valence-electron chi connectivity index (χ1n) is 9.21. The van der Waals surface area contributed by atoms with Crippen LogP contribution in [-0.4, -0.2) is 33.3 Å². The lowest BCUT2D eigenvalue weighted by Crippen LogP contribution is -2.42. The largest absolute Gasteiger partial charge is 0.356 e. The predicted molar refractivity (Wildman–Crippen MR) is 106 cm³/mol. The fourth-order valence-corrected chi connectivity index (χ4v) is 4.09. The molecule has 1 saturated heterocycles. The molecule has 1 aliphatic heterocycles. The highest BCUT2D eigenvalue weighted by molar-refractivity contribution is 7.92. The first-order chi connectivity index (χ1) is 13.8. The number of nitrogens with one attached hydrogen (secondary N) is 3. The van der Waals surface area contributed by atoms with E-state index in [-0.39, 0.29) is 34.5 Å². The summed E-state index contributed by atoms with van der Waals surface area (Å²) in [7, 11) is -4.01. The Morgan fingerprint density at radius 3 is 2.76 bits per heavy atom. The van der Waals surface area contributed by atoms with Gasteiger partial charge in [0.05, 0.1) is 10.8 Å². The summed E-state index contributed by atoms with van der Waals surface area (Å²) in [5.74, 6) is -1.38. The van der Waals surface area contributed by atoms with Gasteiger partial charge in [-0.2, -0.15) is 0 Å². The summed E-state index contributed by atoms with van der Waals surface area (Å²) in [6.45, 7) is 2.40. The minimum absolute atomic E-state index is 0.0802. The Morgan fingerprint density at radius 1 is 1.24 bits per heavy atom. The van der Waals surface area contributed by atoms with Crippen molar-refractivity contribution in [1.29, 1.82) is 0 Å². The fraction of sp³-hybridized carbons (Fsp3) is 0.300. The van der Waals surface area contributed by atoms with Crippen molar-refractivity contribution in [2.24, 2.45) is 5.92 Å². The highest BCUT2D eigenvalue weighted by atomic mass is 32.2. The first kappa shape index (κ1) is 20.8. The van der Waals surface area contributed by atoms with Crippen LogP contribution in [0, 0.1) is 18.7 Å². The number of hydrogen-bond acceptors (Lipinski definition) is 4. The van der Waals surface area contributed by atoms with Crippen molar-refractivity contribution < 1.29 is 22.4 Å². The third-order valence-electron chi connectivity index (χ3n) is 4.74. The minimum Gasteiger partial charge on any atom is -0.356 e. The van der Waals surface area contributed by atoms with E-state index in [0.29, 0.717) is 18.5 Å². The predicted octanol–water partition coefficient (Wildman–Crippen LogP) is 2.19. The van der Waals surface area contributed by atoms with Gasteiger partial charge in [-0.25, -0.2) is 12.8 Å². The minimum atomic E-state index is -4.01. The van der Waals surface area contributed by atoms with E-state index in [2.05, 4.69) is 15.4 Å². The number of carbonyl (C=O) groups is 2. The highest BCUT2D eigenvalue weighted by Crippen LogP contribution is 2.19. The molecule has 0 spiro atoms. The van der Waals surface area contributed by atoms with Crippen molar-refractivity contribution >= 4 is 27.5 Å². The van der Waals surface area contributed by atoms with Crippen molar-refractivity contribution in [3.05, 3.63) is 59.4 Å². The van der Waals surface area contributed by atoms with Crippen LogP contribution in [-0.2, 0) is 14.8 Å². The molecule has 0 aromatic heterocycles. The van der Waals surface area contributed by atoms with Crippen molar-refractivity contribution in [1.82, 2.24) is 10.6 Å². The van der Waals surface area contributed by atoms with E-state index in [1.807, 2.05) is 0 Å². The average Bonchev–Trinajstić information content (AvgIpc) is 2.69. The quantitative estimate of drug-likeness (QED) is 0.668. The van der Waals surface area contributed by atoms with Gasteiger partial charge in [0.1, 0.15) is 5.82 Å². The van der Waals surface area contributed by atoms with E-state index in [1.54, 1.807) is 6.07 Å². The molecule has 2 aromatic carbocycles. The second kappa shape index (κ2) is 8.60. The van der Waals surface area contributed by atoms with Crippen LogP contribution >= 0.6 is 0 Å².